The van der Waals surface area contributed by atoms with Gasteiger partial charge in [0.2, 0.25) is 0 Å². The second-order valence-electron chi connectivity index (χ2n) is 4.28. The van der Waals surface area contributed by atoms with Crippen LogP contribution in [0.1, 0.15) is 11.0 Å². The van der Waals surface area contributed by atoms with Gasteiger partial charge < -0.3 is 10.1 Å². The zero-order chi connectivity index (χ0) is 13.2. The molecule has 3 nitrogen and oxygen atoms in total. The van der Waals surface area contributed by atoms with Crippen molar-refractivity contribution in [3.8, 4) is 11.3 Å². The summed E-state index contributed by atoms with van der Waals surface area (Å²) in [6.07, 6.45) is 0. The van der Waals surface area contributed by atoms with Crippen molar-refractivity contribution in [2.75, 3.05) is 19.8 Å². The number of nitrogens with one attached hydrogen (secondary N) is 1. The molecule has 1 aromatic carbocycles. The molecule has 0 radical (unpaired) electrons. The van der Waals surface area contributed by atoms with Gasteiger partial charge in [-0.05, 0) is 12.1 Å². The van der Waals surface area contributed by atoms with Crippen molar-refractivity contribution in [2.45, 2.75) is 6.04 Å². The van der Waals surface area contributed by atoms with Crippen LogP contribution in [0.3, 0.4) is 0 Å². The number of benzene rings is 1. The van der Waals surface area contributed by atoms with Crippen LogP contribution in [-0.4, -0.2) is 24.7 Å². The van der Waals surface area contributed by atoms with Crippen LogP contribution in [0.4, 0.5) is 0 Å². The molecule has 0 spiro atoms. The Balaban J connectivity index is 0.00000147. The highest BCUT2D eigenvalue weighted by atomic mass is 35.5. The molecule has 2 aromatic rings. The van der Waals surface area contributed by atoms with Crippen LogP contribution in [0.15, 0.2) is 23.6 Å². The van der Waals surface area contributed by atoms with Gasteiger partial charge in [0.25, 0.3) is 0 Å². The SMILES string of the molecule is Cl.Clc1ccc(-c2csc(C3COCCN3)n2)cc1Cl. The van der Waals surface area contributed by atoms with Crippen molar-refractivity contribution in [3.05, 3.63) is 38.6 Å². The monoisotopic (exact) mass is 350 g/mol. The number of thiazole rings is 1. The number of hydrogen-bond donors (Lipinski definition) is 1. The zero-order valence-electron chi connectivity index (χ0n) is 10.4. The predicted molar refractivity (Wildman–Crippen MR) is 86.4 cm³/mol. The molecule has 1 aromatic heterocycles. The highest BCUT2D eigenvalue weighted by Crippen LogP contribution is 2.30. The second kappa shape index (κ2) is 7.07. The van der Waals surface area contributed by atoms with E-state index in [9.17, 15) is 0 Å². The van der Waals surface area contributed by atoms with Crippen LogP contribution in [-0.2, 0) is 4.74 Å². The number of ether oxygens (including phenoxy) is 1. The molecule has 0 bridgehead atoms. The molecular weight excluding hydrogens is 339 g/mol. The van der Waals surface area contributed by atoms with Crippen LogP contribution >= 0.6 is 46.9 Å². The second-order valence-corrected chi connectivity index (χ2v) is 5.99. The van der Waals surface area contributed by atoms with Gasteiger partial charge in [0.05, 0.1) is 35.0 Å². The standard InChI is InChI=1S/C13H12Cl2N2OS.ClH/c14-9-2-1-8(5-10(9)15)12-7-19-13(17-12)11-6-18-4-3-16-11;/h1-2,5,7,11,16H,3-4,6H2;1H. The number of aromatic nitrogens is 1. The molecule has 1 atom stereocenters. The minimum atomic E-state index is 0. The fraction of sp³-hybridized carbons (Fsp3) is 0.308. The molecule has 108 valence electrons. The summed E-state index contributed by atoms with van der Waals surface area (Å²) in [6, 6.07) is 5.75. The Morgan fingerprint density at radius 1 is 1.30 bits per heavy atom. The molecular formula is C13H13Cl3N2OS. The quantitative estimate of drug-likeness (QED) is 0.880. The molecule has 2 heterocycles. The van der Waals surface area contributed by atoms with Gasteiger partial charge in [0.15, 0.2) is 0 Å². The lowest BCUT2D eigenvalue weighted by atomic mass is 10.2. The number of halogens is 3. The fourth-order valence-electron chi connectivity index (χ4n) is 1.96. The van der Waals surface area contributed by atoms with E-state index in [1.807, 2.05) is 17.5 Å². The zero-order valence-corrected chi connectivity index (χ0v) is 13.6. The van der Waals surface area contributed by atoms with Crippen molar-refractivity contribution < 1.29 is 4.74 Å². The van der Waals surface area contributed by atoms with Gasteiger partial charge in [-0.1, -0.05) is 29.3 Å². The largest absolute Gasteiger partial charge is 0.378 e. The third-order valence-electron chi connectivity index (χ3n) is 2.96. The smallest absolute Gasteiger partial charge is 0.113 e. The molecule has 3 rings (SSSR count). The average molecular weight is 352 g/mol. The summed E-state index contributed by atoms with van der Waals surface area (Å²) in [4.78, 5) is 4.65. The van der Waals surface area contributed by atoms with Gasteiger partial charge in [0, 0.05) is 17.5 Å². The molecule has 1 aliphatic heterocycles. The fourth-order valence-corrected chi connectivity index (χ4v) is 3.15. The predicted octanol–water partition coefficient (Wildman–Crippen LogP) is 4.20. The van der Waals surface area contributed by atoms with E-state index in [0.717, 1.165) is 29.4 Å². The summed E-state index contributed by atoms with van der Waals surface area (Å²) < 4.78 is 5.45. The van der Waals surface area contributed by atoms with E-state index in [-0.39, 0.29) is 18.4 Å². The first kappa shape index (κ1) is 16.0. The van der Waals surface area contributed by atoms with Gasteiger partial charge in [-0.15, -0.1) is 23.7 Å². The topological polar surface area (TPSA) is 34.1 Å². The normalized spacial score (nSPS) is 18.6. The minimum absolute atomic E-state index is 0. The van der Waals surface area contributed by atoms with Crippen molar-refractivity contribution >= 4 is 46.9 Å². The van der Waals surface area contributed by atoms with E-state index in [4.69, 9.17) is 27.9 Å². The minimum Gasteiger partial charge on any atom is -0.378 e. The lowest BCUT2D eigenvalue weighted by Gasteiger charge is -2.21. The van der Waals surface area contributed by atoms with Gasteiger partial charge >= 0.3 is 0 Å². The van der Waals surface area contributed by atoms with E-state index in [1.165, 1.54) is 0 Å². The molecule has 0 saturated carbocycles. The Bertz CT molecular complexity index is 585. The molecule has 1 N–H and O–H groups in total. The van der Waals surface area contributed by atoms with Crippen molar-refractivity contribution in [1.29, 1.82) is 0 Å². The molecule has 1 saturated heterocycles. The van der Waals surface area contributed by atoms with Gasteiger partial charge in [-0.2, -0.15) is 0 Å². The first-order valence-corrected chi connectivity index (χ1v) is 7.59. The van der Waals surface area contributed by atoms with E-state index in [1.54, 1.807) is 17.4 Å². The van der Waals surface area contributed by atoms with E-state index < -0.39 is 0 Å². The molecule has 1 unspecified atom stereocenters. The molecule has 1 aliphatic rings. The Kier molecular flexibility index (Phi) is 5.66. The summed E-state index contributed by atoms with van der Waals surface area (Å²) in [5, 5.41) is 7.58. The summed E-state index contributed by atoms with van der Waals surface area (Å²) in [5.41, 5.74) is 1.90. The van der Waals surface area contributed by atoms with Gasteiger partial charge in [-0.25, -0.2) is 4.98 Å². The summed E-state index contributed by atoms with van der Waals surface area (Å²) in [5.74, 6) is 0. The van der Waals surface area contributed by atoms with E-state index >= 15 is 0 Å². The molecule has 0 amide bonds. The molecule has 1 fully saturated rings. The summed E-state index contributed by atoms with van der Waals surface area (Å²) in [6.45, 7) is 2.31. The van der Waals surface area contributed by atoms with Crippen LogP contribution in [0.2, 0.25) is 10.0 Å². The van der Waals surface area contributed by atoms with Crippen molar-refractivity contribution in [2.24, 2.45) is 0 Å². The average Bonchev–Trinajstić information content (AvgIpc) is 2.93. The number of rotatable bonds is 2. The maximum Gasteiger partial charge on any atom is 0.113 e. The van der Waals surface area contributed by atoms with Crippen LogP contribution in [0.5, 0.6) is 0 Å². The van der Waals surface area contributed by atoms with Gasteiger partial charge in [0.1, 0.15) is 5.01 Å². The highest BCUT2D eigenvalue weighted by Gasteiger charge is 2.19. The molecule has 7 heteroatoms. The van der Waals surface area contributed by atoms with E-state index in [0.29, 0.717) is 16.7 Å². The lowest BCUT2D eigenvalue weighted by Crippen LogP contribution is -2.34. The first-order valence-electron chi connectivity index (χ1n) is 5.96. The maximum atomic E-state index is 6.03. The van der Waals surface area contributed by atoms with Crippen molar-refractivity contribution in [3.63, 3.8) is 0 Å². The summed E-state index contributed by atoms with van der Waals surface area (Å²) in [7, 11) is 0. The Labute approximate surface area is 137 Å². The van der Waals surface area contributed by atoms with Crippen molar-refractivity contribution in [1.82, 2.24) is 10.3 Å². The van der Waals surface area contributed by atoms with E-state index in [2.05, 4.69) is 10.3 Å². The number of morpholine rings is 1. The highest BCUT2D eigenvalue weighted by molar-refractivity contribution is 7.10. The maximum absolute atomic E-state index is 6.03. The molecule has 20 heavy (non-hydrogen) atoms. The van der Waals surface area contributed by atoms with Crippen LogP contribution in [0, 0.1) is 0 Å². The Morgan fingerprint density at radius 3 is 2.85 bits per heavy atom. The van der Waals surface area contributed by atoms with Gasteiger partial charge in [-0.3, -0.25) is 0 Å². The third-order valence-corrected chi connectivity index (χ3v) is 4.65. The molecule has 0 aliphatic carbocycles. The third kappa shape index (κ3) is 3.45. The Hall–Kier alpha value is -0.360. The van der Waals surface area contributed by atoms with Crippen LogP contribution < -0.4 is 5.32 Å². The first-order chi connectivity index (χ1) is 9.24. The Morgan fingerprint density at radius 2 is 2.15 bits per heavy atom. The summed E-state index contributed by atoms with van der Waals surface area (Å²) >= 11 is 13.6. The number of nitrogens with zero attached hydrogens (tertiary/aromatic N) is 1. The lowest BCUT2D eigenvalue weighted by molar-refractivity contribution is 0.0768. The number of hydrogen-bond acceptors (Lipinski definition) is 4. The van der Waals surface area contributed by atoms with Crippen LogP contribution in [0.25, 0.3) is 11.3 Å².